The van der Waals surface area contributed by atoms with Gasteiger partial charge in [0.05, 0.1) is 11.7 Å². The molecule has 1 fully saturated rings. The minimum absolute atomic E-state index is 0.0390. The number of rotatable bonds is 3. The van der Waals surface area contributed by atoms with Gasteiger partial charge in [-0.1, -0.05) is 30.3 Å². The molecular weight excluding hydrogens is 414 g/mol. The van der Waals surface area contributed by atoms with Crippen LogP contribution < -0.4 is 10.5 Å². The third kappa shape index (κ3) is 3.48. The van der Waals surface area contributed by atoms with Gasteiger partial charge in [-0.2, -0.15) is 5.10 Å². The maximum Gasteiger partial charge on any atom is 0.291 e. The summed E-state index contributed by atoms with van der Waals surface area (Å²) in [7, 11) is 1.64. The molecule has 0 bridgehead atoms. The van der Waals surface area contributed by atoms with Crippen LogP contribution in [-0.2, 0) is 11.8 Å². The lowest BCUT2D eigenvalue weighted by Gasteiger charge is -2.38. The van der Waals surface area contributed by atoms with E-state index < -0.39 is 6.04 Å². The maximum absolute atomic E-state index is 13.6. The molecule has 2 aromatic heterocycles. The minimum atomic E-state index is -0.491. The first kappa shape index (κ1) is 21.2. The molecule has 0 N–H and O–H groups in total. The van der Waals surface area contributed by atoms with Gasteiger partial charge >= 0.3 is 0 Å². The topological polar surface area (TPSA) is 63.4 Å². The molecule has 1 amide bonds. The van der Waals surface area contributed by atoms with E-state index in [1.807, 2.05) is 40.7 Å². The molecule has 0 spiro atoms. The van der Waals surface area contributed by atoms with Crippen molar-refractivity contribution in [1.82, 2.24) is 19.2 Å². The van der Waals surface area contributed by atoms with E-state index >= 15 is 0 Å². The number of nitrogens with zero attached hydrogens (tertiary/aromatic N) is 5. The summed E-state index contributed by atoms with van der Waals surface area (Å²) in [6.07, 6.45) is 1.72. The minimum Gasteiger partial charge on any atom is -0.368 e. The molecule has 5 rings (SSSR count). The van der Waals surface area contributed by atoms with Crippen LogP contribution in [0.25, 0.3) is 21.8 Å². The van der Waals surface area contributed by atoms with Crippen molar-refractivity contribution < 1.29 is 4.79 Å². The number of aryl methyl sites for hydroxylation is 3. The van der Waals surface area contributed by atoms with Crippen LogP contribution in [0.5, 0.6) is 0 Å². The molecule has 1 saturated heterocycles. The Morgan fingerprint density at radius 2 is 1.73 bits per heavy atom. The van der Waals surface area contributed by atoms with Crippen LogP contribution in [0.1, 0.15) is 24.1 Å². The lowest BCUT2D eigenvalue weighted by atomic mass is 10.1. The number of para-hydroxylation sites is 1. The zero-order valence-corrected chi connectivity index (χ0v) is 19.6. The molecule has 4 aromatic rings. The summed E-state index contributed by atoms with van der Waals surface area (Å²) in [6.45, 7) is 9.04. The summed E-state index contributed by atoms with van der Waals surface area (Å²) in [5, 5.41) is 5.93. The van der Waals surface area contributed by atoms with Gasteiger partial charge in [-0.05, 0) is 44.0 Å². The Morgan fingerprint density at radius 3 is 2.48 bits per heavy atom. The highest BCUT2D eigenvalue weighted by atomic mass is 16.2. The van der Waals surface area contributed by atoms with Crippen molar-refractivity contribution >= 4 is 33.4 Å². The third-order valence-electron chi connectivity index (χ3n) is 6.85. The van der Waals surface area contributed by atoms with E-state index in [1.165, 1.54) is 21.5 Å². The first-order valence-corrected chi connectivity index (χ1v) is 11.4. The monoisotopic (exact) mass is 443 g/mol. The predicted molar refractivity (Wildman–Crippen MR) is 132 cm³/mol. The van der Waals surface area contributed by atoms with Gasteiger partial charge in [-0.3, -0.25) is 9.59 Å². The van der Waals surface area contributed by atoms with Crippen LogP contribution >= 0.6 is 0 Å². The van der Waals surface area contributed by atoms with Gasteiger partial charge in [0.15, 0.2) is 0 Å². The molecule has 0 radical (unpaired) electrons. The zero-order chi connectivity index (χ0) is 23.3. The predicted octanol–water partition coefficient (Wildman–Crippen LogP) is 3.41. The molecule has 33 heavy (non-hydrogen) atoms. The molecule has 0 unspecified atom stereocenters. The van der Waals surface area contributed by atoms with Crippen LogP contribution in [0, 0.1) is 13.8 Å². The summed E-state index contributed by atoms with van der Waals surface area (Å²) >= 11 is 0. The number of amides is 1. The van der Waals surface area contributed by atoms with Crippen molar-refractivity contribution in [3.63, 3.8) is 0 Å². The van der Waals surface area contributed by atoms with Gasteiger partial charge in [-0.25, -0.2) is 4.68 Å². The number of aromatic nitrogens is 3. The normalized spacial score (nSPS) is 15.4. The molecular formula is C26H29N5O2. The lowest BCUT2D eigenvalue weighted by Crippen LogP contribution is -2.50. The second kappa shape index (κ2) is 8.06. The van der Waals surface area contributed by atoms with Gasteiger partial charge < -0.3 is 14.4 Å². The van der Waals surface area contributed by atoms with Crippen LogP contribution in [0.2, 0.25) is 0 Å². The van der Waals surface area contributed by atoms with Crippen molar-refractivity contribution in [3.05, 3.63) is 70.1 Å². The van der Waals surface area contributed by atoms with Crippen molar-refractivity contribution in [3.8, 4) is 0 Å². The molecule has 1 aliphatic rings. The van der Waals surface area contributed by atoms with Crippen molar-refractivity contribution in [2.45, 2.75) is 26.8 Å². The van der Waals surface area contributed by atoms with Gasteiger partial charge in [-0.15, -0.1) is 0 Å². The molecule has 0 saturated carbocycles. The lowest BCUT2D eigenvalue weighted by molar-refractivity contribution is -0.134. The second-order valence-corrected chi connectivity index (χ2v) is 9.00. The van der Waals surface area contributed by atoms with E-state index in [-0.39, 0.29) is 11.5 Å². The SMILES string of the molecule is Cc1ccc(C)c(N2CCN(C(=O)[C@H](C)n3c4ccccc4c4cnn(C)c(=O)c43)CC2)c1. The number of anilines is 1. The van der Waals surface area contributed by atoms with Crippen molar-refractivity contribution in [2.75, 3.05) is 31.1 Å². The van der Waals surface area contributed by atoms with Crippen LogP contribution in [-0.4, -0.2) is 51.3 Å². The molecule has 0 aliphatic carbocycles. The summed E-state index contributed by atoms with van der Waals surface area (Å²) in [5.41, 5.74) is 4.96. The standard InChI is InChI=1S/C26H29N5O2/c1-17-9-10-18(2)23(15-17)29-11-13-30(14-12-29)25(32)19(3)31-22-8-6-5-7-20(22)21-16-27-28(4)26(33)24(21)31/h5-10,15-16,19H,11-14H2,1-4H3/t19-/m0/s1. The first-order valence-electron chi connectivity index (χ1n) is 11.4. The molecule has 3 heterocycles. The highest BCUT2D eigenvalue weighted by Gasteiger charge is 2.29. The summed E-state index contributed by atoms with van der Waals surface area (Å²) in [5.74, 6) is 0.0390. The Bertz CT molecular complexity index is 1430. The summed E-state index contributed by atoms with van der Waals surface area (Å²) < 4.78 is 3.23. The number of benzene rings is 2. The van der Waals surface area contributed by atoms with Gasteiger partial charge in [0, 0.05) is 49.7 Å². The fraction of sp³-hybridized carbons (Fsp3) is 0.346. The molecule has 170 valence electrons. The van der Waals surface area contributed by atoms with Gasteiger partial charge in [0.2, 0.25) is 5.91 Å². The van der Waals surface area contributed by atoms with Gasteiger partial charge in [0.25, 0.3) is 5.56 Å². The third-order valence-corrected chi connectivity index (χ3v) is 6.85. The number of carbonyl (C=O) groups excluding carboxylic acids is 1. The number of carbonyl (C=O) groups is 1. The first-order chi connectivity index (χ1) is 15.9. The number of hydrogen-bond acceptors (Lipinski definition) is 4. The zero-order valence-electron chi connectivity index (χ0n) is 19.6. The average Bonchev–Trinajstić information content (AvgIpc) is 3.17. The van der Waals surface area contributed by atoms with Crippen LogP contribution in [0.15, 0.2) is 53.5 Å². The highest BCUT2D eigenvalue weighted by molar-refractivity contribution is 6.08. The van der Waals surface area contributed by atoms with E-state index in [0.29, 0.717) is 18.6 Å². The Labute approximate surface area is 192 Å². The fourth-order valence-corrected chi connectivity index (χ4v) is 4.99. The average molecular weight is 444 g/mol. The van der Waals surface area contributed by atoms with Crippen molar-refractivity contribution in [1.29, 1.82) is 0 Å². The van der Waals surface area contributed by atoms with Gasteiger partial charge in [0.1, 0.15) is 11.6 Å². The fourth-order valence-electron chi connectivity index (χ4n) is 4.99. The summed E-state index contributed by atoms with van der Waals surface area (Å²) in [4.78, 5) is 30.9. The van der Waals surface area contributed by atoms with Crippen LogP contribution in [0.4, 0.5) is 5.69 Å². The van der Waals surface area contributed by atoms with Crippen LogP contribution in [0.3, 0.4) is 0 Å². The van der Waals surface area contributed by atoms with E-state index in [0.717, 1.165) is 29.4 Å². The molecule has 1 atom stereocenters. The Balaban J connectivity index is 1.45. The van der Waals surface area contributed by atoms with E-state index in [1.54, 1.807) is 13.2 Å². The highest BCUT2D eigenvalue weighted by Crippen LogP contribution is 2.30. The molecule has 7 heteroatoms. The quantitative estimate of drug-likeness (QED) is 0.487. The van der Waals surface area contributed by atoms with E-state index in [2.05, 4.69) is 42.0 Å². The number of hydrogen-bond donors (Lipinski definition) is 0. The molecule has 7 nitrogen and oxygen atoms in total. The van der Waals surface area contributed by atoms with Crippen molar-refractivity contribution in [2.24, 2.45) is 7.05 Å². The molecule has 2 aromatic carbocycles. The Kier molecular flexibility index (Phi) is 5.19. The molecule has 1 aliphatic heterocycles. The Hall–Kier alpha value is -3.61. The van der Waals surface area contributed by atoms with E-state index in [4.69, 9.17) is 0 Å². The summed E-state index contributed by atoms with van der Waals surface area (Å²) in [6, 6.07) is 13.9. The largest absolute Gasteiger partial charge is 0.368 e. The maximum atomic E-state index is 13.6. The smallest absolute Gasteiger partial charge is 0.291 e. The van der Waals surface area contributed by atoms with E-state index in [9.17, 15) is 9.59 Å². The number of fused-ring (bicyclic) bond motifs is 3. The number of piperazine rings is 1. The Morgan fingerprint density at radius 1 is 1.00 bits per heavy atom. The second-order valence-electron chi connectivity index (χ2n) is 9.00.